The summed E-state index contributed by atoms with van der Waals surface area (Å²) in [6.45, 7) is 11.8. The molecule has 2 saturated carbocycles. The van der Waals surface area contributed by atoms with Gasteiger partial charge >= 0.3 is 0 Å². The summed E-state index contributed by atoms with van der Waals surface area (Å²) in [5, 5.41) is 14.7. The molecule has 0 aromatic heterocycles. The molecule has 3 rings (SSSR count). The number of rotatable bonds is 8. The van der Waals surface area contributed by atoms with Crippen LogP contribution in [0.5, 0.6) is 5.75 Å². The van der Waals surface area contributed by atoms with Crippen LogP contribution in [-0.4, -0.2) is 53.7 Å². The van der Waals surface area contributed by atoms with Crippen molar-refractivity contribution in [1.82, 2.24) is 10.2 Å². The first-order valence-electron chi connectivity index (χ1n) is 12.7. The first kappa shape index (κ1) is 25.5. The number of carbonyl (C=O) groups is 2. The van der Waals surface area contributed by atoms with Crippen LogP contribution in [-0.2, 0) is 9.59 Å². The molecule has 2 amide bonds. The van der Waals surface area contributed by atoms with Crippen molar-refractivity contribution in [2.24, 2.45) is 29.1 Å². The van der Waals surface area contributed by atoms with E-state index in [-0.39, 0.29) is 53.5 Å². The Morgan fingerprint density at radius 3 is 2.45 bits per heavy atom. The van der Waals surface area contributed by atoms with Gasteiger partial charge in [0.1, 0.15) is 5.75 Å². The van der Waals surface area contributed by atoms with Crippen molar-refractivity contribution in [2.45, 2.75) is 72.4 Å². The van der Waals surface area contributed by atoms with Crippen LogP contribution in [0.4, 0.5) is 0 Å². The SMILES string of the molecule is CCN(CC)C(=O)[C@@H](C)[C@@H]1CC[C@@]2(C)CC[C@H](NC(=O)COc3ccccc3)[C@@H](C)[C@@H]2[C@H]1O. The number of hydrogen-bond acceptors (Lipinski definition) is 4. The predicted molar refractivity (Wildman–Crippen MR) is 130 cm³/mol. The van der Waals surface area contributed by atoms with E-state index in [1.54, 1.807) is 0 Å². The summed E-state index contributed by atoms with van der Waals surface area (Å²) in [7, 11) is 0. The number of nitrogens with one attached hydrogen (secondary N) is 1. The summed E-state index contributed by atoms with van der Waals surface area (Å²) in [5.74, 6) is 0.607. The minimum absolute atomic E-state index is 0.00265. The molecule has 6 nitrogen and oxygen atoms in total. The third-order valence-corrected chi connectivity index (χ3v) is 8.45. The van der Waals surface area contributed by atoms with Gasteiger partial charge in [0.15, 0.2) is 6.61 Å². The van der Waals surface area contributed by atoms with E-state index in [0.717, 1.165) is 25.7 Å². The fourth-order valence-electron chi connectivity index (χ4n) is 6.42. The largest absolute Gasteiger partial charge is 0.484 e. The van der Waals surface area contributed by atoms with Crippen LogP contribution < -0.4 is 10.1 Å². The highest BCUT2D eigenvalue weighted by Gasteiger charge is 2.54. The number of aliphatic hydroxyl groups is 1. The molecule has 0 saturated heterocycles. The Hall–Kier alpha value is -2.08. The molecule has 2 aliphatic carbocycles. The zero-order valence-electron chi connectivity index (χ0n) is 20.9. The van der Waals surface area contributed by atoms with Gasteiger partial charge in [-0.2, -0.15) is 0 Å². The normalized spacial score (nSPS) is 32.4. The van der Waals surface area contributed by atoms with Crippen LogP contribution in [0.3, 0.4) is 0 Å². The standard InChI is InChI=1S/C27H42N2O4/c1-6-29(7-2)26(32)18(3)21-13-15-27(5)16-14-22(19(4)24(27)25(21)31)28-23(30)17-33-20-11-9-8-10-12-20/h8-12,18-19,21-22,24-25,31H,6-7,13-17H2,1-5H3,(H,28,30)/t18-,19+,21-,22-,24+,25-,27-/m0/s1. The number of ether oxygens (including phenoxy) is 1. The topological polar surface area (TPSA) is 78.9 Å². The minimum Gasteiger partial charge on any atom is -0.484 e. The molecule has 0 spiro atoms. The maximum absolute atomic E-state index is 13.0. The van der Waals surface area contributed by atoms with Gasteiger partial charge in [-0.1, -0.05) is 39.0 Å². The van der Waals surface area contributed by atoms with Crippen LogP contribution in [0.1, 0.15) is 60.3 Å². The molecule has 0 bridgehead atoms. The smallest absolute Gasteiger partial charge is 0.258 e. The van der Waals surface area contributed by atoms with Gasteiger partial charge in [0.2, 0.25) is 5.91 Å². The summed E-state index contributed by atoms with van der Waals surface area (Å²) < 4.78 is 5.61. The summed E-state index contributed by atoms with van der Waals surface area (Å²) in [4.78, 5) is 27.5. The minimum atomic E-state index is -0.548. The van der Waals surface area contributed by atoms with Crippen LogP contribution >= 0.6 is 0 Å². The maximum Gasteiger partial charge on any atom is 0.258 e. The van der Waals surface area contributed by atoms with Crippen LogP contribution in [0.25, 0.3) is 0 Å². The molecule has 2 aliphatic rings. The molecule has 6 heteroatoms. The number of nitrogens with zero attached hydrogens (tertiary/aromatic N) is 1. The molecule has 0 unspecified atom stereocenters. The second-order valence-corrected chi connectivity index (χ2v) is 10.3. The number of benzene rings is 1. The molecule has 0 aliphatic heterocycles. The first-order chi connectivity index (χ1) is 15.7. The number of hydrogen-bond donors (Lipinski definition) is 2. The van der Waals surface area contributed by atoms with Crippen molar-refractivity contribution in [1.29, 1.82) is 0 Å². The van der Waals surface area contributed by atoms with Crippen molar-refractivity contribution in [3.8, 4) is 5.75 Å². The Bertz CT molecular complexity index is 797. The maximum atomic E-state index is 13.0. The average Bonchev–Trinajstić information content (AvgIpc) is 2.81. The van der Waals surface area contributed by atoms with Crippen molar-refractivity contribution in [3.05, 3.63) is 30.3 Å². The molecule has 1 aromatic rings. The van der Waals surface area contributed by atoms with Crippen molar-refractivity contribution in [2.75, 3.05) is 19.7 Å². The van der Waals surface area contributed by atoms with Crippen LogP contribution in [0.15, 0.2) is 30.3 Å². The molecule has 33 heavy (non-hydrogen) atoms. The van der Waals surface area contributed by atoms with Gasteiger partial charge in [-0.15, -0.1) is 0 Å². The van der Waals surface area contributed by atoms with Gasteiger partial charge in [0.05, 0.1) is 6.10 Å². The van der Waals surface area contributed by atoms with Gasteiger partial charge in [-0.3, -0.25) is 9.59 Å². The lowest BCUT2D eigenvalue weighted by Crippen LogP contribution is -2.59. The van der Waals surface area contributed by atoms with Gasteiger partial charge in [0, 0.05) is 25.0 Å². The average molecular weight is 459 g/mol. The summed E-state index contributed by atoms with van der Waals surface area (Å²) in [5.41, 5.74) is 0.0368. The van der Waals surface area contributed by atoms with E-state index in [1.165, 1.54) is 0 Å². The zero-order chi connectivity index (χ0) is 24.2. The van der Waals surface area contributed by atoms with Crippen molar-refractivity contribution >= 4 is 11.8 Å². The monoisotopic (exact) mass is 458 g/mol. The lowest BCUT2D eigenvalue weighted by Gasteiger charge is -2.56. The van der Waals surface area contributed by atoms with Gasteiger partial charge < -0.3 is 20.1 Å². The highest BCUT2D eigenvalue weighted by atomic mass is 16.5. The van der Waals surface area contributed by atoms with E-state index in [9.17, 15) is 14.7 Å². The van der Waals surface area contributed by atoms with E-state index in [4.69, 9.17) is 4.74 Å². The van der Waals surface area contributed by atoms with Crippen molar-refractivity contribution in [3.63, 3.8) is 0 Å². The third-order valence-electron chi connectivity index (χ3n) is 8.45. The van der Waals surface area contributed by atoms with E-state index >= 15 is 0 Å². The van der Waals surface area contributed by atoms with Crippen LogP contribution in [0.2, 0.25) is 0 Å². The lowest BCUT2D eigenvalue weighted by molar-refractivity contribution is -0.150. The molecule has 7 atom stereocenters. The van der Waals surface area contributed by atoms with E-state index < -0.39 is 6.10 Å². The Balaban J connectivity index is 1.65. The molecule has 0 radical (unpaired) electrons. The van der Waals surface area contributed by atoms with Gasteiger partial charge in [0.25, 0.3) is 5.91 Å². The van der Waals surface area contributed by atoms with E-state index in [2.05, 4.69) is 19.2 Å². The Labute approximate surface area is 199 Å². The molecule has 184 valence electrons. The number of aliphatic hydroxyl groups excluding tert-OH is 1. The quantitative estimate of drug-likeness (QED) is 0.620. The molecule has 1 aromatic carbocycles. The second-order valence-electron chi connectivity index (χ2n) is 10.3. The Morgan fingerprint density at radius 1 is 1.18 bits per heavy atom. The van der Waals surface area contributed by atoms with Gasteiger partial charge in [-0.05, 0) is 74.8 Å². The first-order valence-corrected chi connectivity index (χ1v) is 12.7. The zero-order valence-corrected chi connectivity index (χ0v) is 20.9. The van der Waals surface area contributed by atoms with Crippen molar-refractivity contribution < 1.29 is 19.4 Å². The number of carbonyl (C=O) groups excluding carboxylic acids is 2. The molecule has 0 heterocycles. The third kappa shape index (κ3) is 5.53. The highest BCUT2D eigenvalue weighted by Crippen LogP contribution is 2.55. The summed E-state index contributed by atoms with van der Waals surface area (Å²) in [6.07, 6.45) is 3.20. The Kier molecular flexibility index (Phi) is 8.43. The van der Waals surface area contributed by atoms with E-state index in [0.29, 0.717) is 18.8 Å². The molecular weight excluding hydrogens is 416 g/mol. The molecular formula is C27H42N2O4. The van der Waals surface area contributed by atoms with Gasteiger partial charge in [-0.25, -0.2) is 0 Å². The fraction of sp³-hybridized carbons (Fsp3) is 0.704. The number of amides is 2. The number of para-hydroxylation sites is 1. The second kappa shape index (κ2) is 10.9. The molecule has 2 fully saturated rings. The highest BCUT2D eigenvalue weighted by molar-refractivity contribution is 5.79. The number of fused-ring (bicyclic) bond motifs is 1. The van der Waals surface area contributed by atoms with Crippen LogP contribution in [0, 0.1) is 29.1 Å². The lowest BCUT2D eigenvalue weighted by atomic mass is 9.51. The summed E-state index contributed by atoms with van der Waals surface area (Å²) in [6, 6.07) is 9.33. The fourth-order valence-corrected chi connectivity index (χ4v) is 6.42. The molecule has 2 N–H and O–H groups in total. The Morgan fingerprint density at radius 2 is 1.82 bits per heavy atom. The predicted octanol–water partition coefficient (Wildman–Crippen LogP) is 3.88. The van der Waals surface area contributed by atoms with E-state index in [1.807, 2.05) is 56.0 Å². The summed E-state index contributed by atoms with van der Waals surface area (Å²) >= 11 is 0.